The van der Waals surface area contributed by atoms with Gasteiger partial charge in [-0.3, -0.25) is 9.69 Å². The molecule has 7 nitrogen and oxygen atoms in total. The van der Waals surface area contributed by atoms with Gasteiger partial charge in [-0.1, -0.05) is 11.6 Å². The number of amides is 1. The molecule has 1 aliphatic rings. The number of hydrogen-bond donors (Lipinski definition) is 0. The number of carbonyl (C=O) groups is 2. The summed E-state index contributed by atoms with van der Waals surface area (Å²) in [7, 11) is 1.58. The number of ether oxygens (including phenoxy) is 2. The lowest BCUT2D eigenvalue weighted by molar-refractivity contribution is -0.130. The highest BCUT2D eigenvalue weighted by molar-refractivity contribution is 7.14. The number of anilines is 2. The molecule has 0 unspecified atom stereocenters. The van der Waals surface area contributed by atoms with Crippen molar-refractivity contribution in [3.63, 3.8) is 0 Å². The lowest BCUT2D eigenvalue weighted by Gasteiger charge is -2.18. The number of rotatable bonds is 5. The third-order valence-corrected chi connectivity index (χ3v) is 5.44. The largest absolute Gasteiger partial charge is 0.497 e. The van der Waals surface area contributed by atoms with Gasteiger partial charge < -0.3 is 9.47 Å². The second-order valence-electron chi connectivity index (χ2n) is 6.45. The van der Waals surface area contributed by atoms with Crippen molar-refractivity contribution in [1.82, 2.24) is 4.98 Å². The molecule has 0 spiro atoms. The highest BCUT2D eigenvalue weighted by atomic mass is 35.5. The number of esters is 1. The highest BCUT2D eigenvalue weighted by Crippen LogP contribution is 2.31. The molecular weight excluding hydrogens is 438 g/mol. The Morgan fingerprint density at radius 1 is 1.16 bits per heavy atom. The van der Waals surface area contributed by atoms with Crippen molar-refractivity contribution in [3.05, 3.63) is 75.9 Å². The average Bonchev–Trinajstić information content (AvgIpc) is 3.36. The first kappa shape index (κ1) is 20.8. The summed E-state index contributed by atoms with van der Waals surface area (Å²) in [5.41, 5.74) is 1.92. The summed E-state index contributed by atoms with van der Waals surface area (Å²) < 4.78 is 10.4. The van der Waals surface area contributed by atoms with Crippen LogP contribution in [-0.2, 0) is 14.3 Å². The topological polar surface area (TPSA) is 81.1 Å². The zero-order valence-electron chi connectivity index (χ0n) is 16.5. The third-order valence-electron chi connectivity index (χ3n) is 4.34. The molecule has 0 N–H and O–H groups in total. The van der Waals surface area contributed by atoms with Crippen LogP contribution in [0, 0.1) is 0 Å². The molecule has 4 rings (SSSR count). The van der Waals surface area contributed by atoms with Gasteiger partial charge >= 0.3 is 5.97 Å². The maximum atomic E-state index is 12.3. The van der Waals surface area contributed by atoms with Gasteiger partial charge in [-0.25, -0.2) is 14.8 Å². The molecule has 0 bridgehead atoms. The van der Waals surface area contributed by atoms with Crippen LogP contribution in [0.3, 0.4) is 0 Å². The van der Waals surface area contributed by atoms with E-state index in [1.807, 2.05) is 0 Å². The number of thiazole rings is 1. The van der Waals surface area contributed by atoms with Gasteiger partial charge in [-0.05, 0) is 54.6 Å². The minimum Gasteiger partial charge on any atom is -0.497 e. The fraction of sp³-hybridized carbons (Fsp3) is 0.0909. The number of aliphatic imine (C=N–C) groups is 1. The van der Waals surface area contributed by atoms with Gasteiger partial charge in [0.1, 0.15) is 5.75 Å². The molecule has 9 heteroatoms. The molecule has 0 radical (unpaired) electrons. The van der Waals surface area contributed by atoms with Crippen molar-refractivity contribution >= 4 is 57.6 Å². The van der Waals surface area contributed by atoms with Gasteiger partial charge in [0.05, 0.1) is 18.5 Å². The number of hydrogen-bond acceptors (Lipinski definition) is 7. The van der Waals surface area contributed by atoms with E-state index < -0.39 is 5.97 Å². The Hall–Kier alpha value is -3.49. The summed E-state index contributed by atoms with van der Waals surface area (Å²) in [6.45, 7) is 1.46. The molecule has 0 saturated heterocycles. The molecule has 0 aliphatic carbocycles. The number of halogens is 1. The van der Waals surface area contributed by atoms with Gasteiger partial charge in [-0.15, -0.1) is 11.3 Å². The Morgan fingerprint density at radius 3 is 2.52 bits per heavy atom. The Morgan fingerprint density at radius 2 is 1.87 bits per heavy atom. The van der Waals surface area contributed by atoms with E-state index in [2.05, 4.69) is 9.98 Å². The Bertz CT molecular complexity index is 1200. The number of methoxy groups -OCH3 is 1. The quantitative estimate of drug-likeness (QED) is 0.408. The summed E-state index contributed by atoms with van der Waals surface area (Å²) in [6, 6.07) is 13.9. The summed E-state index contributed by atoms with van der Waals surface area (Å²) in [5, 5.41) is 2.79. The maximum absolute atomic E-state index is 12.3. The summed E-state index contributed by atoms with van der Waals surface area (Å²) in [4.78, 5) is 34.7. The molecule has 3 aromatic rings. The lowest BCUT2D eigenvalue weighted by atomic mass is 10.2. The Balaban J connectivity index is 1.61. The third kappa shape index (κ3) is 4.50. The van der Waals surface area contributed by atoms with E-state index in [4.69, 9.17) is 21.1 Å². The zero-order chi connectivity index (χ0) is 22.0. The molecule has 0 atom stereocenters. The van der Waals surface area contributed by atoms with Gasteiger partial charge in [0, 0.05) is 22.9 Å². The number of cyclic esters (lactones) is 1. The molecule has 2 heterocycles. The molecule has 0 fully saturated rings. The average molecular weight is 454 g/mol. The maximum Gasteiger partial charge on any atom is 0.363 e. The van der Waals surface area contributed by atoms with Crippen LogP contribution in [-0.4, -0.2) is 29.9 Å². The fourth-order valence-electron chi connectivity index (χ4n) is 2.87. The van der Waals surface area contributed by atoms with E-state index in [1.54, 1.807) is 61.0 Å². The van der Waals surface area contributed by atoms with Crippen LogP contribution in [0.25, 0.3) is 6.08 Å². The Labute approximate surface area is 187 Å². The van der Waals surface area contributed by atoms with E-state index in [0.29, 0.717) is 32.8 Å². The molecular formula is C22H16ClN3O4S. The zero-order valence-corrected chi connectivity index (χ0v) is 18.1. The first-order valence-corrected chi connectivity index (χ1v) is 10.4. The summed E-state index contributed by atoms with van der Waals surface area (Å²) in [5.74, 6) is 0.123. The van der Waals surface area contributed by atoms with Crippen molar-refractivity contribution < 1.29 is 19.1 Å². The van der Waals surface area contributed by atoms with Crippen molar-refractivity contribution in [2.24, 2.45) is 4.99 Å². The molecule has 156 valence electrons. The SMILES string of the molecule is COc1ccc(N(C(C)=O)c2nc(C=C3N=C(c4ccc(Cl)cc4)OC3=O)cs2)cc1. The fourth-order valence-corrected chi connectivity index (χ4v) is 3.84. The van der Waals surface area contributed by atoms with Gasteiger partial charge in [-0.2, -0.15) is 0 Å². The van der Waals surface area contributed by atoms with Crippen molar-refractivity contribution in [3.8, 4) is 5.75 Å². The van der Waals surface area contributed by atoms with E-state index in [-0.39, 0.29) is 17.5 Å². The predicted octanol–water partition coefficient (Wildman–Crippen LogP) is 4.83. The minimum atomic E-state index is -0.571. The van der Waals surface area contributed by atoms with E-state index in [1.165, 1.54) is 29.2 Å². The standard InChI is InChI=1S/C22H16ClN3O4S/c1-13(27)26(17-7-9-18(29-2)10-8-17)22-24-16(12-31-22)11-19-21(28)30-20(25-19)14-3-5-15(23)6-4-14/h3-12H,1-2H3. The van der Waals surface area contributed by atoms with Crippen molar-refractivity contribution in [1.29, 1.82) is 0 Å². The summed E-state index contributed by atoms with van der Waals surface area (Å²) >= 11 is 7.17. The van der Waals surface area contributed by atoms with Crippen molar-refractivity contribution in [2.75, 3.05) is 12.0 Å². The first-order valence-electron chi connectivity index (χ1n) is 9.13. The van der Waals surface area contributed by atoms with Crippen LogP contribution in [0.5, 0.6) is 5.75 Å². The highest BCUT2D eigenvalue weighted by Gasteiger charge is 2.25. The van der Waals surface area contributed by atoms with E-state index in [0.717, 1.165) is 0 Å². The monoisotopic (exact) mass is 453 g/mol. The van der Waals surface area contributed by atoms with E-state index in [9.17, 15) is 9.59 Å². The van der Waals surface area contributed by atoms with Gasteiger partial charge in [0.25, 0.3) is 0 Å². The molecule has 1 aliphatic heterocycles. The van der Waals surface area contributed by atoms with Crippen LogP contribution >= 0.6 is 22.9 Å². The molecule has 0 saturated carbocycles. The first-order chi connectivity index (χ1) is 14.9. The molecule has 2 aromatic carbocycles. The van der Waals surface area contributed by atoms with Crippen LogP contribution < -0.4 is 9.64 Å². The normalized spacial score (nSPS) is 14.4. The van der Waals surface area contributed by atoms with Crippen LogP contribution in [0.2, 0.25) is 5.02 Å². The van der Waals surface area contributed by atoms with Gasteiger partial charge in [0.15, 0.2) is 10.8 Å². The van der Waals surface area contributed by atoms with Gasteiger partial charge in [0.2, 0.25) is 11.8 Å². The van der Waals surface area contributed by atoms with Crippen molar-refractivity contribution in [2.45, 2.75) is 6.92 Å². The number of carbonyl (C=O) groups excluding carboxylic acids is 2. The molecule has 31 heavy (non-hydrogen) atoms. The van der Waals surface area contributed by atoms with Crippen LogP contribution in [0.4, 0.5) is 10.8 Å². The van der Waals surface area contributed by atoms with Crippen LogP contribution in [0.15, 0.2) is 64.6 Å². The Kier molecular flexibility index (Phi) is 5.83. The smallest absolute Gasteiger partial charge is 0.363 e. The summed E-state index contributed by atoms with van der Waals surface area (Å²) in [6.07, 6.45) is 1.53. The minimum absolute atomic E-state index is 0.126. The second kappa shape index (κ2) is 8.71. The predicted molar refractivity (Wildman–Crippen MR) is 120 cm³/mol. The number of nitrogens with zero attached hydrogens (tertiary/aromatic N) is 3. The number of aromatic nitrogens is 1. The second-order valence-corrected chi connectivity index (χ2v) is 7.72. The molecule has 1 aromatic heterocycles. The van der Waals surface area contributed by atoms with Crippen LogP contribution in [0.1, 0.15) is 18.2 Å². The van der Waals surface area contributed by atoms with E-state index >= 15 is 0 Å². The lowest BCUT2D eigenvalue weighted by Crippen LogP contribution is -2.22. The molecule has 1 amide bonds. The number of benzene rings is 2.